The molecule has 0 bridgehead atoms. The molecule has 1 aliphatic rings. The number of carbonyl (C=O) groups excluding carboxylic acids is 2. The van der Waals surface area contributed by atoms with Gasteiger partial charge in [-0.05, 0) is 37.8 Å². The summed E-state index contributed by atoms with van der Waals surface area (Å²) in [7, 11) is 0. The van der Waals surface area contributed by atoms with Crippen molar-refractivity contribution in [2.45, 2.75) is 57.9 Å². The van der Waals surface area contributed by atoms with Crippen molar-refractivity contribution in [2.24, 2.45) is 5.92 Å². The van der Waals surface area contributed by atoms with Crippen molar-refractivity contribution < 1.29 is 22.9 Å². The molecule has 9 heteroatoms. The van der Waals surface area contributed by atoms with Crippen LogP contribution in [-0.2, 0) is 4.79 Å². The molecule has 1 aliphatic carbocycles. The second-order valence-electron chi connectivity index (χ2n) is 7.68. The molecule has 162 valence electrons. The van der Waals surface area contributed by atoms with Crippen molar-refractivity contribution in [3.8, 4) is 0 Å². The Bertz CT molecular complexity index is 908. The van der Waals surface area contributed by atoms with Crippen LogP contribution in [0.4, 0.5) is 20.2 Å². The van der Waals surface area contributed by atoms with Crippen LogP contribution in [0.25, 0.3) is 0 Å². The van der Waals surface area contributed by atoms with Gasteiger partial charge in [0, 0.05) is 0 Å². The summed E-state index contributed by atoms with van der Waals surface area (Å²) >= 11 is 0. The predicted octanol–water partition coefficient (Wildman–Crippen LogP) is 3.94. The Morgan fingerprint density at radius 3 is 2.40 bits per heavy atom. The van der Waals surface area contributed by atoms with Gasteiger partial charge in [-0.2, -0.15) is 0 Å². The van der Waals surface area contributed by atoms with Gasteiger partial charge >= 0.3 is 0 Å². The first kappa shape index (κ1) is 21.7. The zero-order valence-electron chi connectivity index (χ0n) is 16.8. The molecule has 1 aromatic heterocycles. The number of nitrogens with two attached hydrogens (primary N) is 1. The Kier molecular flexibility index (Phi) is 7.02. The number of aromatic nitrogens is 1. The number of hydrogen-bond acceptors (Lipinski definition) is 5. The van der Waals surface area contributed by atoms with Crippen LogP contribution in [0.3, 0.4) is 0 Å². The number of amides is 2. The van der Waals surface area contributed by atoms with Crippen LogP contribution >= 0.6 is 0 Å². The Morgan fingerprint density at radius 2 is 1.77 bits per heavy atom. The number of halogens is 2. The van der Waals surface area contributed by atoms with E-state index in [9.17, 15) is 18.4 Å². The van der Waals surface area contributed by atoms with Crippen LogP contribution in [0, 0.1) is 24.5 Å². The second-order valence-corrected chi connectivity index (χ2v) is 7.68. The number of rotatable bonds is 5. The van der Waals surface area contributed by atoms with E-state index in [1.807, 2.05) is 0 Å². The molecule has 2 aromatic rings. The van der Waals surface area contributed by atoms with E-state index in [1.54, 1.807) is 6.92 Å². The smallest absolute Gasteiger partial charge is 0.257 e. The highest BCUT2D eigenvalue weighted by atomic mass is 19.1. The van der Waals surface area contributed by atoms with Gasteiger partial charge in [-0.15, -0.1) is 0 Å². The minimum atomic E-state index is -0.938. The largest absolute Gasteiger partial charge is 0.395 e. The third-order valence-electron chi connectivity index (χ3n) is 5.57. The molecule has 1 atom stereocenters. The summed E-state index contributed by atoms with van der Waals surface area (Å²) in [6.07, 6.45) is 7.78. The van der Waals surface area contributed by atoms with Gasteiger partial charge in [0.25, 0.3) is 5.91 Å². The minimum absolute atomic E-state index is 0.146. The molecule has 0 spiro atoms. The summed E-state index contributed by atoms with van der Waals surface area (Å²) < 4.78 is 32.8. The molecule has 1 fully saturated rings. The second kappa shape index (κ2) is 9.69. The molecule has 1 unspecified atom stereocenters. The molecular weight excluding hydrogens is 394 g/mol. The fourth-order valence-corrected chi connectivity index (χ4v) is 3.84. The Hall–Kier alpha value is -2.97. The standard InChI is InChI=1S/C21H26F2N4O3/c1-12-14(11-30-27-12)20(28)25-18(13-7-5-3-2-4-6-8-13)21(29)26-19-16(23)10-9-15(22)17(19)24/h9-11,13,18H,2-8,24H2,1H3,(H,25,28)(H,26,29). The quantitative estimate of drug-likeness (QED) is 0.635. The van der Waals surface area contributed by atoms with Crippen LogP contribution in [-0.4, -0.2) is 23.0 Å². The number of anilines is 2. The molecule has 30 heavy (non-hydrogen) atoms. The molecule has 4 N–H and O–H groups in total. The average Bonchev–Trinajstić information content (AvgIpc) is 3.12. The number of aryl methyl sites for hydroxylation is 1. The maximum atomic E-state index is 14.2. The first-order chi connectivity index (χ1) is 14.4. The number of nitrogen functional groups attached to an aromatic ring is 1. The SMILES string of the molecule is Cc1nocc1C(=O)NC(C(=O)Nc1c(F)ccc(F)c1N)C1CCCCCCC1. The van der Waals surface area contributed by atoms with E-state index in [-0.39, 0.29) is 11.5 Å². The summed E-state index contributed by atoms with van der Waals surface area (Å²) in [5.41, 5.74) is 5.32. The Morgan fingerprint density at radius 1 is 1.13 bits per heavy atom. The van der Waals surface area contributed by atoms with Gasteiger partial charge in [0.15, 0.2) is 0 Å². The van der Waals surface area contributed by atoms with Gasteiger partial charge in [-0.25, -0.2) is 8.78 Å². The lowest BCUT2D eigenvalue weighted by molar-refractivity contribution is -0.119. The van der Waals surface area contributed by atoms with Crippen molar-refractivity contribution in [3.05, 3.63) is 41.3 Å². The monoisotopic (exact) mass is 420 g/mol. The van der Waals surface area contributed by atoms with E-state index in [2.05, 4.69) is 15.8 Å². The van der Waals surface area contributed by atoms with Crippen molar-refractivity contribution in [1.82, 2.24) is 10.5 Å². The van der Waals surface area contributed by atoms with Crippen molar-refractivity contribution >= 4 is 23.2 Å². The normalized spacial score (nSPS) is 16.4. The van der Waals surface area contributed by atoms with Crippen LogP contribution < -0.4 is 16.4 Å². The number of carbonyl (C=O) groups is 2. The van der Waals surface area contributed by atoms with Gasteiger partial charge in [0.05, 0.1) is 11.4 Å². The topological polar surface area (TPSA) is 110 Å². The summed E-state index contributed by atoms with van der Waals surface area (Å²) in [4.78, 5) is 25.8. The lowest BCUT2D eigenvalue weighted by atomic mass is 9.85. The van der Waals surface area contributed by atoms with Crippen LogP contribution in [0.15, 0.2) is 22.9 Å². The van der Waals surface area contributed by atoms with Crippen LogP contribution in [0.2, 0.25) is 0 Å². The van der Waals surface area contributed by atoms with Crippen molar-refractivity contribution in [1.29, 1.82) is 0 Å². The third-order valence-corrected chi connectivity index (χ3v) is 5.57. The summed E-state index contributed by atoms with van der Waals surface area (Å²) in [5, 5.41) is 8.82. The van der Waals surface area contributed by atoms with Gasteiger partial charge in [-0.3, -0.25) is 9.59 Å². The zero-order chi connectivity index (χ0) is 21.7. The van der Waals surface area contributed by atoms with Gasteiger partial charge < -0.3 is 20.9 Å². The number of hydrogen-bond donors (Lipinski definition) is 3. The molecule has 1 saturated carbocycles. The molecule has 7 nitrogen and oxygen atoms in total. The van der Waals surface area contributed by atoms with Crippen molar-refractivity contribution in [2.75, 3.05) is 11.1 Å². The van der Waals surface area contributed by atoms with Gasteiger partial charge in [-0.1, -0.05) is 37.3 Å². The molecular formula is C21H26F2N4O3. The van der Waals surface area contributed by atoms with E-state index in [4.69, 9.17) is 10.3 Å². The highest BCUT2D eigenvalue weighted by molar-refractivity contribution is 6.02. The first-order valence-electron chi connectivity index (χ1n) is 10.1. The van der Waals surface area contributed by atoms with E-state index in [0.717, 1.165) is 57.1 Å². The molecule has 0 radical (unpaired) electrons. The zero-order valence-corrected chi connectivity index (χ0v) is 16.8. The van der Waals surface area contributed by atoms with E-state index >= 15 is 0 Å². The van der Waals surface area contributed by atoms with Gasteiger partial charge in [0.1, 0.15) is 35.2 Å². The summed E-state index contributed by atoms with van der Waals surface area (Å²) in [6, 6.07) is 0.848. The molecule has 3 rings (SSSR count). The molecule has 2 amide bonds. The lowest BCUT2D eigenvalue weighted by Gasteiger charge is -2.29. The molecule has 0 aliphatic heterocycles. The third kappa shape index (κ3) is 4.95. The van der Waals surface area contributed by atoms with Crippen LogP contribution in [0.1, 0.15) is 61.0 Å². The lowest BCUT2D eigenvalue weighted by Crippen LogP contribution is -2.49. The average molecular weight is 420 g/mol. The van der Waals surface area contributed by atoms with Crippen LogP contribution in [0.5, 0.6) is 0 Å². The highest BCUT2D eigenvalue weighted by Crippen LogP contribution is 2.29. The van der Waals surface area contributed by atoms with E-state index in [1.165, 1.54) is 6.26 Å². The Balaban J connectivity index is 1.86. The maximum absolute atomic E-state index is 14.2. The highest BCUT2D eigenvalue weighted by Gasteiger charge is 2.32. The van der Waals surface area contributed by atoms with E-state index < -0.39 is 40.9 Å². The fraction of sp³-hybridized carbons (Fsp3) is 0.476. The number of benzene rings is 1. The molecule has 1 aromatic carbocycles. The first-order valence-corrected chi connectivity index (χ1v) is 10.1. The summed E-state index contributed by atoms with van der Waals surface area (Å²) in [6.45, 7) is 1.62. The minimum Gasteiger partial charge on any atom is -0.395 e. The molecule has 1 heterocycles. The Labute approximate surface area is 173 Å². The molecule has 0 saturated heterocycles. The number of nitrogens with zero attached hydrogens (tertiary/aromatic N) is 1. The number of nitrogens with one attached hydrogen (secondary N) is 2. The summed E-state index contributed by atoms with van der Waals surface area (Å²) in [5.74, 6) is -2.98. The predicted molar refractivity (Wildman–Crippen MR) is 108 cm³/mol. The van der Waals surface area contributed by atoms with E-state index in [0.29, 0.717) is 5.69 Å². The van der Waals surface area contributed by atoms with Gasteiger partial charge in [0.2, 0.25) is 5.91 Å². The maximum Gasteiger partial charge on any atom is 0.257 e. The van der Waals surface area contributed by atoms with Crippen molar-refractivity contribution in [3.63, 3.8) is 0 Å². The fourth-order valence-electron chi connectivity index (χ4n) is 3.84.